The van der Waals surface area contributed by atoms with E-state index in [1.54, 1.807) is 17.8 Å². The van der Waals surface area contributed by atoms with E-state index in [2.05, 4.69) is 4.98 Å². The molecule has 0 aliphatic rings. The first-order valence-corrected chi connectivity index (χ1v) is 4.40. The maximum atomic E-state index is 10.9. The van der Waals surface area contributed by atoms with Gasteiger partial charge in [-0.25, -0.2) is 9.78 Å². The van der Waals surface area contributed by atoms with Gasteiger partial charge >= 0.3 is 5.97 Å². The molecule has 0 spiro atoms. The number of aromatic nitrogens is 2. The van der Waals surface area contributed by atoms with E-state index < -0.39 is 5.97 Å². The number of carboxylic acids is 1. The van der Waals surface area contributed by atoms with Crippen molar-refractivity contribution >= 4 is 5.97 Å². The number of carboxylic acid groups (broad SMARTS) is 1. The summed E-state index contributed by atoms with van der Waals surface area (Å²) in [6.45, 7) is 6.21. The Kier molecular flexibility index (Phi) is 3.06. The van der Waals surface area contributed by atoms with Crippen LogP contribution in [0.15, 0.2) is 18.0 Å². The van der Waals surface area contributed by atoms with Crippen LogP contribution in [0.5, 0.6) is 0 Å². The molecule has 0 saturated carbocycles. The zero-order valence-electron chi connectivity index (χ0n) is 8.61. The van der Waals surface area contributed by atoms with E-state index in [-0.39, 0.29) is 5.69 Å². The second kappa shape index (κ2) is 4.09. The Balaban J connectivity index is 2.98. The molecule has 76 valence electrons. The molecule has 4 nitrogen and oxygen atoms in total. The minimum absolute atomic E-state index is 0.266. The van der Waals surface area contributed by atoms with Crippen molar-refractivity contribution in [2.24, 2.45) is 0 Å². The van der Waals surface area contributed by atoms with Crippen LogP contribution in [-0.4, -0.2) is 20.6 Å². The maximum absolute atomic E-state index is 10.9. The average molecular weight is 194 g/mol. The Morgan fingerprint density at radius 1 is 1.64 bits per heavy atom. The van der Waals surface area contributed by atoms with Crippen LogP contribution >= 0.6 is 0 Å². The molecule has 0 unspecified atom stereocenters. The zero-order chi connectivity index (χ0) is 10.7. The number of nitrogens with zero attached hydrogens (tertiary/aromatic N) is 2. The van der Waals surface area contributed by atoms with Gasteiger partial charge in [0.2, 0.25) is 0 Å². The highest BCUT2D eigenvalue weighted by Crippen LogP contribution is 2.07. The van der Waals surface area contributed by atoms with Gasteiger partial charge in [0, 0.05) is 6.54 Å². The van der Waals surface area contributed by atoms with Crippen molar-refractivity contribution in [3.8, 4) is 0 Å². The van der Waals surface area contributed by atoms with Crippen LogP contribution in [0.4, 0.5) is 0 Å². The molecule has 14 heavy (non-hydrogen) atoms. The summed E-state index contributed by atoms with van der Waals surface area (Å²) < 4.78 is 1.63. The number of aryl methyl sites for hydroxylation is 1. The summed E-state index contributed by atoms with van der Waals surface area (Å²) in [6, 6.07) is 0. The summed E-state index contributed by atoms with van der Waals surface area (Å²) >= 11 is 0. The molecule has 0 aliphatic carbocycles. The van der Waals surface area contributed by atoms with Gasteiger partial charge in [-0.15, -0.1) is 0 Å². The maximum Gasteiger partial charge on any atom is 0.354 e. The van der Waals surface area contributed by atoms with Crippen molar-refractivity contribution in [3.63, 3.8) is 0 Å². The van der Waals surface area contributed by atoms with Crippen LogP contribution in [0.25, 0.3) is 0 Å². The predicted molar refractivity (Wildman–Crippen MR) is 53.4 cm³/mol. The van der Waals surface area contributed by atoms with E-state index >= 15 is 0 Å². The van der Waals surface area contributed by atoms with Crippen LogP contribution in [-0.2, 0) is 6.54 Å². The molecule has 0 radical (unpaired) electrons. The Morgan fingerprint density at radius 3 is 2.79 bits per heavy atom. The normalized spacial score (nSPS) is 9.93. The summed E-state index contributed by atoms with van der Waals surface area (Å²) in [6.07, 6.45) is 3.52. The Labute approximate surface area is 82.9 Å². The molecule has 1 N–H and O–H groups in total. The Bertz CT molecular complexity index is 373. The van der Waals surface area contributed by atoms with Gasteiger partial charge < -0.3 is 9.67 Å². The molecule has 0 aliphatic heterocycles. The van der Waals surface area contributed by atoms with Crippen LogP contribution in [0.3, 0.4) is 0 Å². The second-order valence-corrected chi connectivity index (χ2v) is 3.42. The number of aromatic carboxylic acids is 1. The van der Waals surface area contributed by atoms with Crippen LogP contribution in [0.2, 0.25) is 0 Å². The molecule has 4 heteroatoms. The minimum atomic E-state index is -0.929. The van der Waals surface area contributed by atoms with Crippen LogP contribution < -0.4 is 0 Å². The second-order valence-electron chi connectivity index (χ2n) is 3.42. The molecule has 1 aromatic heterocycles. The number of rotatable bonds is 3. The fraction of sp³-hybridized carbons (Fsp3) is 0.400. The molecule has 0 atom stereocenters. The third kappa shape index (κ3) is 2.22. The molecule has 1 rings (SSSR count). The standard InChI is InChI=1S/C10H14N2O2/c1-7(2)4-5-12-6-11-8(3)9(12)10(13)14/h4,6H,5H2,1-3H3,(H,13,14). The number of imidazole rings is 1. The largest absolute Gasteiger partial charge is 0.477 e. The summed E-state index contributed by atoms with van der Waals surface area (Å²) in [4.78, 5) is 14.8. The predicted octanol–water partition coefficient (Wildman–Crippen LogP) is 1.86. The highest BCUT2D eigenvalue weighted by molar-refractivity contribution is 5.86. The topological polar surface area (TPSA) is 55.1 Å². The fourth-order valence-electron chi connectivity index (χ4n) is 1.18. The van der Waals surface area contributed by atoms with Gasteiger partial charge in [0.1, 0.15) is 5.69 Å². The first kappa shape index (κ1) is 10.5. The van der Waals surface area contributed by atoms with Gasteiger partial charge in [-0.05, 0) is 20.8 Å². The highest BCUT2D eigenvalue weighted by Gasteiger charge is 2.13. The van der Waals surface area contributed by atoms with Crippen LogP contribution in [0.1, 0.15) is 30.0 Å². The Morgan fingerprint density at radius 2 is 2.29 bits per heavy atom. The van der Waals surface area contributed by atoms with Crippen molar-refractivity contribution in [3.05, 3.63) is 29.4 Å². The van der Waals surface area contributed by atoms with E-state index in [1.807, 2.05) is 19.9 Å². The van der Waals surface area contributed by atoms with Gasteiger partial charge in [-0.1, -0.05) is 11.6 Å². The molecular formula is C10H14N2O2. The summed E-state index contributed by atoms with van der Waals surface area (Å²) in [5, 5.41) is 8.92. The van der Waals surface area contributed by atoms with Gasteiger partial charge in [-0.3, -0.25) is 0 Å². The monoisotopic (exact) mass is 194 g/mol. The molecule has 0 aromatic carbocycles. The number of carbonyl (C=O) groups is 1. The molecule has 1 heterocycles. The first-order valence-electron chi connectivity index (χ1n) is 4.40. The van der Waals surface area contributed by atoms with E-state index in [9.17, 15) is 4.79 Å². The van der Waals surface area contributed by atoms with Gasteiger partial charge in [0.15, 0.2) is 0 Å². The molecule has 0 saturated heterocycles. The Hall–Kier alpha value is -1.58. The molecule has 0 fully saturated rings. The van der Waals surface area contributed by atoms with E-state index in [0.29, 0.717) is 12.2 Å². The molecule has 1 aromatic rings. The third-order valence-corrected chi connectivity index (χ3v) is 1.92. The number of allylic oxidation sites excluding steroid dienone is 2. The van der Waals surface area contributed by atoms with E-state index in [4.69, 9.17) is 5.11 Å². The van der Waals surface area contributed by atoms with Gasteiger partial charge in [0.05, 0.1) is 12.0 Å². The average Bonchev–Trinajstić information content (AvgIpc) is 2.43. The lowest BCUT2D eigenvalue weighted by atomic mass is 10.3. The van der Waals surface area contributed by atoms with Crippen molar-refractivity contribution in [1.82, 2.24) is 9.55 Å². The minimum Gasteiger partial charge on any atom is -0.477 e. The molecule has 0 bridgehead atoms. The lowest BCUT2D eigenvalue weighted by Crippen LogP contribution is -2.08. The summed E-state index contributed by atoms with van der Waals surface area (Å²) in [5.74, 6) is -0.929. The highest BCUT2D eigenvalue weighted by atomic mass is 16.4. The fourth-order valence-corrected chi connectivity index (χ4v) is 1.18. The van der Waals surface area contributed by atoms with E-state index in [1.165, 1.54) is 0 Å². The lowest BCUT2D eigenvalue weighted by Gasteiger charge is -2.01. The summed E-state index contributed by atoms with van der Waals surface area (Å²) in [5.41, 5.74) is 1.98. The van der Waals surface area contributed by atoms with Crippen LogP contribution in [0, 0.1) is 6.92 Å². The quantitative estimate of drug-likeness (QED) is 0.747. The first-order chi connectivity index (χ1) is 6.52. The smallest absolute Gasteiger partial charge is 0.354 e. The van der Waals surface area contributed by atoms with Gasteiger partial charge in [0.25, 0.3) is 0 Å². The van der Waals surface area contributed by atoms with Crippen molar-refractivity contribution in [1.29, 1.82) is 0 Å². The van der Waals surface area contributed by atoms with Crippen molar-refractivity contribution in [2.75, 3.05) is 0 Å². The molecule has 0 amide bonds. The zero-order valence-corrected chi connectivity index (χ0v) is 8.61. The molecular weight excluding hydrogens is 180 g/mol. The third-order valence-electron chi connectivity index (χ3n) is 1.92. The van der Waals surface area contributed by atoms with Crippen molar-refractivity contribution in [2.45, 2.75) is 27.3 Å². The lowest BCUT2D eigenvalue weighted by molar-refractivity contribution is 0.0685. The number of hydrogen-bond donors (Lipinski definition) is 1. The van der Waals surface area contributed by atoms with Gasteiger partial charge in [-0.2, -0.15) is 0 Å². The number of hydrogen-bond acceptors (Lipinski definition) is 2. The van der Waals surface area contributed by atoms with E-state index in [0.717, 1.165) is 5.57 Å². The summed E-state index contributed by atoms with van der Waals surface area (Å²) in [7, 11) is 0. The SMILES string of the molecule is CC(C)=CCn1cnc(C)c1C(=O)O. The van der Waals surface area contributed by atoms with Crippen molar-refractivity contribution < 1.29 is 9.90 Å².